The number of nitrogens with zero attached hydrogens (tertiary/aromatic N) is 2. The average Bonchev–Trinajstić information content (AvgIpc) is 2.97. The smallest absolute Gasteiger partial charge is 0.243 e. The summed E-state index contributed by atoms with van der Waals surface area (Å²) in [5, 5.41) is 3.98. The summed E-state index contributed by atoms with van der Waals surface area (Å²) in [6, 6.07) is 20.1. The van der Waals surface area contributed by atoms with Crippen LogP contribution in [-0.4, -0.2) is 55.1 Å². The molecule has 1 atom stereocenters. The molecular formula is C32H37Cl2N3O4S. The number of carbonyl (C=O) groups excluding carboxylic acids is 2. The van der Waals surface area contributed by atoms with Gasteiger partial charge >= 0.3 is 0 Å². The monoisotopic (exact) mass is 629 g/mol. The van der Waals surface area contributed by atoms with Gasteiger partial charge in [-0.15, -0.1) is 0 Å². The van der Waals surface area contributed by atoms with Gasteiger partial charge in [0.05, 0.1) is 11.4 Å². The van der Waals surface area contributed by atoms with Crippen molar-refractivity contribution in [1.82, 2.24) is 14.5 Å². The summed E-state index contributed by atoms with van der Waals surface area (Å²) in [5.41, 5.74) is 2.40. The van der Waals surface area contributed by atoms with Gasteiger partial charge in [-0.3, -0.25) is 9.59 Å². The summed E-state index contributed by atoms with van der Waals surface area (Å²) in [6.07, 6.45) is 5.25. The van der Waals surface area contributed by atoms with Gasteiger partial charge in [-0.2, -0.15) is 4.31 Å². The van der Waals surface area contributed by atoms with Crippen LogP contribution in [0.25, 0.3) is 0 Å². The maximum Gasteiger partial charge on any atom is 0.243 e. The number of aryl methyl sites for hydroxylation is 1. The van der Waals surface area contributed by atoms with Crippen molar-refractivity contribution in [2.24, 2.45) is 0 Å². The number of benzene rings is 3. The fraction of sp³-hybridized carbons (Fsp3) is 0.375. The molecule has 1 saturated carbocycles. The van der Waals surface area contributed by atoms with E-state index in [1.54, 1.807) is 30.3 Å². The van der Waals surface area contributed by atoms with Crippen molar-refractivity contribution in [1.29, 1.82) is 0 Å². The molecule has 3 aromatic carbocycles. The van der Waals surface area contributed by atoms with E-state index in [1.807, 2.05) is 37.3 Å². The van der Waals surface area contributed by atoms with Gasteiger partial charge in [-0.05, 0) is 55.2 Å². The van der Waals surface area contributed by atoms with Crippen molar-refractivity contribution in [3.05, 3.63) is 99.5 Å². The molecule has 1 aliphatic carbocycles. The Labute approximate surface area is 258 Å². The van der Waals surface area contributed by atoms with E-state index in [9.17, 15) is 18.0 Å². The van der Waals surface area contributed by atoms with E-state index >= 15 is 0 Å². The molecule has 0 aliphatic heterocycles. The molecule has 1 aliphatic rings. The lowest BCUT2D eigenvalue weighted by Gasteiger charge is -2.34. The number of rotatable bonds is 11. The molecule has 0 bridgehead atoms. The molecule has 10 heteroatoms. The first kappa shape index (κ1) is 32.0. The van der Waals surface area contributed by atoms with E-state index in [0.29, 0.717) is 15.6 Å². The van der Waals surface area contributed by atoms with Crippen LogP contribution in [0.4, 0.5) is 0 Å². The van der Waals surface area contributed by atoms with E-state index in [0.717, 1.165) is 47.5 Å². The number of amides is 2. The largest absolute Gasteiger partial charge is 0.352 e. The Morgan fingerprint density at radius 1 is 0.952 bits per heavy atom. The summed E-state index contributed by atoms with van der Waals surface area (Å²) in [4.78, 5) is 29.5. The number of carbonyl (C=O) groups is 2. The predicted octanol–water partition coefficient (Wildman–Crippen LogP) is 6.01. The van der Waals surface area contributed by atoms with Crippen LogP contribution in [0.15, 0.2) is 77.7 Å². The lowest BCUT2D eigenvalue weighted by molar-refractivity contribution is -0.141. The van der Waals surface area contributed by atoms with Gasteiger partial charge < -0.3 is 10.2 Å². The normalized spacial score (nSPS) is 14.9. The Morgan fingerprint density at radius 3 is 2.26 bits per heavy atom. The topological polar surface area (TPSA) is 86.8 Å². The molecule has 0 saturated heterocycles. The molecule has 3 aromatic rings. The van der Waals surface area contributed by atoms with Gasteiger partial charge in [0, 0.05) is 36.1 Å². The lowest BCUT2D eigenvalue weighted by Crippen LogP contribution is -2.54. The number of nitrogens with one attached hydrogen (secondary N) is 1. The van der Waals surface area contributed by atoms with Crippen molar-refractivity contribution in [3.63, 3.8) is 0 Å². The van der Waals surface area contributed by atoms with Crippen LogP contribution in [0.1, 0.15) is 48.8 Å². The van der Waals surface area contributed by atoms with E-state index in [1.165, 1.54) is 24.1 Å². The molecule has 1 fully saturated rings. The summed E-state index contributed by atoms with van der Waals surface area (Å²) < 4.78 is 27.7. The Balaban J connectivity index is 1.68. The lowest BCUT2D eigenvalue weighted by atomic mass is 9.94. The molecule has 4 rings (SSSR count). The molecule has 0 spiro atoms. The van der Waals surface area contributed by atoms with Crippen LogP contribution >= 0.6 is 23.2 Å². The van der Waals surface area contributed by atoms with Crippen molar-refractivity contribution < 1.29 is 18.0 Å². The van der Waals surface area contributed by atoms with Gasteiger partial charge in [-0.1, -0.05) is 96.6 Å². The van der Waals surface area contributed by atoms with Crippen LogP contribution < -0.4 is 5.32 Å². The quantitative estimate of drug-likeness (QED) is 0.281. The highest BCUT2D eigenvalue weighted by Gasteiger charge is 2.34. The van der Waals surface area contributed by atoms with Crippen molar-refractivity contribution in [2.45, 2.75) is 69.0 Å². The Morgan fingerprint density at radius 2 is 1.62 bits per heavy atom. The second-order valence-electron chi connectivity index (χ2n) is 10.9. The van der Waals surface area contributed by atoms with Gasteiger partial charge in [0.25, 0.3) is 0 Å². The summed E-state index contributed by atoms with van der Waals surface area (Å²) in [5.74, 6) is -0.785. The zero-order valence-electron chi connectivity index (χ0n) is 23.9. The molecule has 2 amide bonds. The van der Waals surface area contributed by atoms with E-state index in [2.05, 4.69) is 5.32 Å². The average molecular weight is 631 g/mol. The first-order chi connectivity index (χ1) is 20.0. The molecule has 0 heterocycles. The fourth-order valence-corrected chi connectivity index (χ4v) is 6.78. The van der Waals surface area contributed by atoms with Crippen molar-refractivity contribution in [2.75, 3.05) is 13.6 Å². The number of hydrogen-bond donors (Lipinski definition) is 1. The zero-order valence-corrected chi connectivity index (χ0v) is 26.3. The second-order valence-corrected chi connectivity index (χ2v) is 13.8. The SMILES string of the molecule is Cc1ccc(S(=O)(=O)N(C)CC(=O)N(Cc2ccc(Cl)cc2Cl)C(Cc2ccccc2)C(=O)NC2CCCCC2)cc1. The van der Waals surface area contributed by atoms with Gasteiger partial charge in [0.15, 0.2) is 0 Å². The Bertz CT molecular complexity index is 1480. The van der Waals surface area contributed by atoms with Crippen molar-refractivity contribution >= 4 is 45.0 Å². The fourth-order valence-electron chi connectivity index (χ4n) is 5.19. The first-order valence-electron chi connectivity index (χ1n) is 14.2. The van der Waals surface area contributed by atoms with E-state index in [4.69, 9.17) is 23.2 Å². The molecule has 1 unspecified atom stereocenters. The van der Waals surface area contributed by atoms with E-state index in [-0.39, 0.29) is 29.8 Å². The molecule has 224 valence electrons. The number of hydrogen-bond acceptors (Lipinski definition) is 4. The molecule has 42 heavy (non-hydrogen) atoms. The maximum atomic E-state index is 14.1. The minimum Gasteiger partial charge on any atom is -0.352 e. The number of sulfonamides is 1. The van der Waals surface area contributed by atoms with Gasteiger partial charge in [0.2, 0.25) is 21.8 Å². The van der Waals surface area contributed by atoms with Crippen LogP contribution in [0.5, 0.6) is 0 Å². The van der Waals surface area contributed by atoms with Crippen molar-refractivity contribution in [3.8, 4) is 0 Å². The molecular weight excluding hydrogens is 593 g/mol. The second kappa shape index (κ2) is 14.5. The van der Waals surface area contributed by atoms with E-state index < -0.39 is 28.5 Å². The highest BCUT2D eigenvalue weighted by molar-refractivity contribution is 7.89. The summed E-state index contributed by atoms with van der Waals surface area (Å²) in [6.45, 7) is 1.42. The third kappa shape index (κ3) is 8.34. The minimum atomic E-state index is -3.96. The Kier molecular flexibility index (Phi) is 11.1. The highest BCUT2D eigenvalue weighted by atomic mass is 35.5. The summed E-state index contributed by atoms with van der Waals surface area (Å²) >= 11 is 12.6. The first-order valence-corrected chi connectivity index (χ1v) is 16.3. The number of halogens is 2. The predicted molar refractivity (Wildman–Crippen MR) is 167 cm³/mol. The maximum absolute atomic E-state index is 14.1. The standard InChI is InChI=1S/C32H37Cl2N3O4S/c1-23-13-17-28(18-14-23)42(40,41)36(2)22-31(38)37(21-25-15-16-26(33)20-29(25)34)30(19-24-9-5-3-6-10-24)32(39)35-27-11-7-4-8-12-27/h3,5-6,9-10,13-18,20,27,30H,4,7-8,11-12,19,21-22H2,1-2H3,(H,35,39). The number of likely N-dealkylation sites (N-methyl/N-ethyl adjacent to an activating group) is 1. The van der Waals surface area contributed by atoms with Crippen LogP contribution in [0.3, 0.4) is 0 Å². The third-order valence-corrected chi connectivity index (χ3v) is 10.1. The zero-order chi connectivity index (χ0) is 30.3. The van der Waals surface area contributed by atoms with Gasteiger partial charge in [-0.25, -0.2) is 8.42 Å². The third-order valence-electron chi connectivity index (χ3n) is 7.67. The Hall–Kier alpha value is -2.91. The summed E-state index contributed by atoms with van der Waals surface area (Å²) in [7, 11) is -2.59. The molecule has 7 nitrogen and oxygen atoms in total. The highest BCUT2D eigenvalue weighted by Crippen LogP contribution is 2.25. The van der Waals surface area contributed by atoms with Crippen LogP contribution in [0.2, 0.25) is 10.0 Å². The molecule has 0 aromatic heterocycles. The molecule has 1 N–H and O–H groups in total. The molecule has 0 radical (unpaired) electrons. The van der Waals surface area contributed by atoms with Gasteiger partial charge in [0.1, 0.15) is 6.04 Å². The van der Waals surface area contributed by atoms with Crippen LogP contribution in [-0.2, 0) is 32.6 Å². The minimum absolute atomic E-state index is 0.00282. The van der Waals surface area contributed by atoms with Crippen LogP contribution in [0, 0.1) is 6.92 Å².